The summed E-state index contributed by atoms with van der Waals surface area (Å²) in [4.78, 5) is 12.0. The zero-order chi connectivity index (χ0) is 11.4. The van der Waals surface area contributed by atoms with Gasteiger partial charge in [0.25, 0.3) is 0 Å². The van der Waals surface area contributed by atoms with Gasteiger partial charge in [-0.25, -0.2) is 15.0 Å². The summed E-state index contributed by atoms with van der Waals surface area (Å²) in [5, 5.41) is 9.88. The summed E-state index contributed by atoms with van der Waals surface area (Å²) >= 11 is 0. The van der Waals surface area contributed by atoms with Gasteiger partial charge in [0.1, 0.15) is 12.2 Å². The average molecular weight is 218 g/mol. The first-order valence-corrected chi connectivity index (χ1v) is 5.17. The molecule has 5 heteroatoms. The van der Waals surface area contributed by atoms with E-state index in [0.29, 0.717) is 12.1 Å². The van der Waals surface area contributed by atoms with Crippen molar-refractivity contribution in [3.63, 3.8) is 0 Å². The van der Waals surface area contributed by atoms with Crippen LogP contribution >= 0.6 is 0 Å². The molecule has 2 rings (SSSR count). The van der Waals surface area contributed by atoms with Gasteiger partial charge >= 0.3 is 0 Å². The second-order valence-electron chi connectivity index (χ2n) is 3.64. The van der Waals surface area contributed by atoms with E-state index in [4.69, 9.17) is 0 Å². The first-order chi connectivity index (χ1) is 7.77. The van der Waals surface area contributed by atoms with E-state index in [1.807, 2.05) is 17.8 Å². The van der Waals surface area contributed by atoms with E-state index in [2.05, 4.69) is 15.0 Å². The Hall–Kier alpha value is -1.75. The molecule has 0 radical (unpaired) electrons. The summed E-state index contributed by atoms with van der Waals surface area (Å²) in [6.07, 6.45) is 7.51. The molecule has 16 heavy (non-hydrogen) atoms. The quantitative estimate of drug-likeness (QED) is 0.827. The molecular weight excluding hydrogens is 204 g/mol. The van der Waals surface area contributed by atoms with Crippen LogP contribution in [0.3, 0.4) is 0 Å². The summed E-state index contributed by atoms with van der Waals surface area (Å²) in [7, 11) is 1.94. The SMILES string of the molecule is Cn1ccnc1CCC(O)c1ccncn1. The van der Waals surface area contributed by atoms with Crippen molar-refractivity contribution in [3.8, 4) is 0 Å². The summed E-state index contributed by atoms with van der Waals surface area (Å²) in [5.41, 5.74) is 0.657. The van der Waals surface area contributed by atoms with Gasteiger partial charge in [0.2, 0.25) is 0 Å². The van der Waals surface area contributed by atoms with Crippen LogP contribution in [0.2, 0.25) is 0 Å². The van der Waals surface area contributed by atoms with Crippen LogP contribution in [0.4, 0.5) is 0 Å². The predicted molar refractivity (Wildman–Crippen MR) is 58.5 cm³/mol. The van der Waals surface area contributed by atoms with Gasteiger partial charge in [-0.3, -0.25) is 0 Å². The van der Waals surface area contributed by atoms with Gasteiger partial charge in [-0.2, -0.15) is 0 Å². The van der Waals surface area contributed by atoms with Crippen molar-refractivity contribution in [2.45, 2.75) is 18.9 Å². The Morgan fingerprint density at radius 1 is 1.38 bits per heavy atom. The topological polar surface area (TPSA) is 63.8 Å². The van der Waals surface area contributed by atoms with Crippen LogP contribution in [0.25, 0.3) is 0 Å². The minimum absolute atomic E-state index is 0.556. The molecule has 0 aromatic carbocycles. The zero-order valence-electron chi connectivity index (χ0n) is 9.11. The minimum Gasteiger partial charge on any atom is -0.387 e. The Labute approximate surface area is 93.8 Å². The van der Waals surface area contributed by atoms with E-state index < -0.39 is 6.10 Å². The molecule has 0 aliphatic carbocycles. The highest BCUT2D eigenvalue weighted by molar-refractivity contribution is 5.02. The van der Waals surface area contributed by atoms with Crippen molar-refractivity contribution < 1.29 is 5.11 Å². The number of aliphatic hydroxyl groups excluding tert-OH is 1. The van der Waals surface area contributed by atoms with Crippen molar-refractivity contribution in [2.75, 3.05) is 0 Å². The lowest BCUT2D eigenvalue weighted by molar-refractivity contribution is 0.162. The fourth-order valence-electron chi connectivity index (χ4n) is 1.55. The largest absolute Gasteiger partial charge is 0.387 e. The summed E-state index contributed by atoms with van der Waals surface area (Å²) in [5.74, 6) is 0.966. The van der Waals surface area contributed by atoms with E-state index >= 15 is 0 Å². The third kappa shape index (κ3) is 2.43. The van der Waals surface area contributed by atoms with Gasteiger partial charge in [0.05, 0.1) is 11.8 Å². The Morgan fingerprint density at radius 3 is 2.88 bits per heavy atom. The van der Waals surface area contributed by atoms with Crippen molar-refractivity contribution in [2.24, 2.45) is 7.05 Å². The van der Waals surface area contributed by atoms with Gasteiger partial charge in [0.15, 0.2) is 0 Å². The molecule has 5 nitrogen and oxygen atoms in total. The molecule has 0 amide bonds. The second kappa shape index (κ2) is 4.85. The fourth-order valence-corrected chi connectivity index (χ4v) is 1.55. The molecule has 2 aromatic heterocycles. The van der Waals surface area contributed by atoms with Crippen LogP contribution in [0.5, 0.6) is 0 Å². The average Bonchev–Trinajstić information content (AvgIpc) is 2.73. The van der Waals surface area contributed by atoms with Gasteiger partial charge in [-0.15, -0.1) is 0 Å². The number of hydrogen-bond donors (Lipinski definition) is 1. The number of nitrogens with zero attached hydrogens (tertiary/aromatic N) is 4. The van der Waals surface area contributed by atoms with E-state index in [-0.39, 0.29) is 0 Å². The lowest BCUT2D eigenvalue weighted by Gasteiger charge is -2.09. The molecule has 0 saturated carbocycles. The summed E-state index contributed by atoms with van der Waals surface area (Å²) < 4.78 is 1.95. The summed E-state index contributed by atoms with van der Waals surface area (Å²) in [6, 6.07) is 1.73. The first-order valence-electron chi connectivity index (χ1n) is 5.17. The number of imidazole rings is 1. The van der Waals surface area contributed by atoms with Gasteiger partial charge < -0.3 is 9.67 Å². The highest BCUT2D eigenvalue weighted by Gasteiger charge is 2.10. The maximum absolute atomic E-state index is 9.88. The van der Waals surface area contributed by atoms with Crippen LogP contribution in [0.1, 0.15) is 24.0 Å². The third-order valence-corrected chi connectivity index (χ3v) is 2.51. The van der Waals surface area contributed by atoms with Crippen LogP contribution in [0, 0.1) is 0 Å². The molecule has 2 aromatic rings. The molecule has 0 bridgehead atoms. The standard InChI is InChI=1S/C11H14N4O/c1-15-7-6-13-11(15)3-2-10(16)9-4-5-12-8-14-9/h4-8,10,16H,2-3H2,1H3. The Kier molecular flexibility index (Phi) is 3.26. The highest BCUT2D eigenvalue weighted by atomic mass is 16.3. The van der Waals surface area contributed by atoms with Crippen molar-refractivity contribution in [1.29, 1.82) is 0 Å². The van der Waals surface area contributed by atoms with Crippen LogP contribution < -0.4 is 0 Å². The van der Waals surface area contributed by atoms with Gasteiger partial charge in [0, 0.05) is 32.1 Å². The van der Waals surface area contributed by atoms with Crippen LogP contribution in [-0.2, 0) is 13.5 Å². The number of aromatic nitrogens is 4. The van der Waals surface area contributed by atoms with Gasteiger partial charge in [-0.05, 0) is 12.5 Å². The van der Waals surface area contributed by atoms with E-state index in [9.17, 15) is 5.11 Å². The fraction of sp³-hybridized carbons (Fsp3) is 0.364. The molecule has 0 fully saturated rings. The Balaban J connectivity index is 1.94. The number of aliphatic hydroxyl groups is 1. The van der Waals surface area contributed by atoms with Crippen molar-refractivity contribution in [3.05, 3.63) is 42.5 Å². The van der Waals surface area contributed by atoms with E-state index in [1.165, 1.54) is 6.33 Å². The number of rotatable bonds is 4. The van der Waals surface area contributed by atoms with Crippen molar-refractivity contribution >= 4 is 0 Å². The second-order valence-corrected chi connectivity index (χ2v) is 3.64. The van der Waals surface area contributed by atoms with Crippen LogP contribution in [-0.4, -0.2) is 24.6 Å². The van der Waals surface area contributed by atoms with E-state index in [0.717, 1.165) is 12.2 Å². The maximum Gasteiger partial charge on any atom is 0.115 e. The molecular formula is C11H14N4O. The third-order valence-electron chi connectivity index (χ3n) is 2.51. The van der Waals surface area contributed by atoms with E-state index in [1.54, 1.807) is 18.5 Å². The molecule has 0 aliphatic rings. The molecule has 0 spiro atoms. The molecule has 0 saturated heterocycles. The van der Waals surface area contributed by atoms with Crippen molar-refractivity contribution in [1.82, 2.24) is 19.5 Å². The molecule has 0 aliphatic heterocycles. The Bertz CT molecular complexity index is 440. The first kappa shape index (κ1) is 10.8. The number of hydrogen-bond acceptors (Lipinski definition) is 4. The molecule has 84 valence electrons. The molecule has 1 unspecified atom stereocenters. The highest BCUT2D eigenvalue weighted by Crippen LogP contribution is 2.15. The zero-order valence-corrected chi connectivity index (χ0v) is 9.11. The monoisotopic (exact) mass is 218 g/mol. The minimum atomic E-state index is -0.556. The summed E-state index contributed by atoms with van der Waals surface area (Å²) in [6.45, 7) is 0. The number of aryl methyl sites for hydroxylation is 2. The molecule has 1 N–H and O–H groups in total. The molecule has 2 heterocycles. The molecule has 1 atom stereocenters. The Morgan fingerprint density at radius 2 is 2.25 bits per heavy atom. The lowest BCUT2D eigenvalue weighted by Crippen LogP contribution is -2.05. The smallest absolute Gasteiger partial charge is 0.115 e. The maximum atomic E-state index is 9.88. The predicted octanol–water partition coefficient (Wildman–Crippen LogP) is 0.876. The lowest BCUT2D eigenvalue weighted by atomic mass is 10.1. The van der Waals surface area contributed by atoms with Gasteiger partial charge in [-0.1, -0.05) is 0 Å². The normalized spacial score (nSPS) is 12.6. The van der Waals surface area contributed by atoms with Crippen LogP contribution in [0.15, 0.2) is 31.0 Å².